The zero-order valence-electron chi connectivity index (χ0n) is 17.5. The molecule has 7 nitrogen and oxygen atoms in total. The average molecular weight is 429 g/mol. The smallest absolute Gasteiger partial charge is 0.290 e. The third-order valence-electron chi connectivity index (χ3n) is 6.08. The Balaban J connectivity index is 1.25. The van der Waals surface area contributed by atoms with E-state index in [4.69, 9.17) is 4.42 Å². The first-order chi connectivity index (χ1) is 15.6. The largest absolute Gasteiger partial charge is 0.459 e. The molecule has 1 aromatic heterocycles. The number of likely N-dealkylation sites (tertiary alicyclic amines) is 1. The van der Waals surface area contributed by atoms with Crippen LogP contribution in [0, 0.1) is 0 Å². The van der Waals surface area contributed by atoms with Gasteiger partial charge in [-0.3, -0.25) is 14.4 Å². The minimum absolute atomic E-state index is 0.0566. The Hall–Kier alpha value is -3.87. The number of benzene rings is 2. The molecule has 0 spiro atoms. The van der Waals surface area contributed by atoms with Gasteiger partial charge < -0.3 is 19.5 Å². The molecule has 1 saturated heterocycles. The lowest BCUT2D eigenvalue weighted by Gasteiger charge is -2.23. The van der Waals surface area contributed by atoms with Gasteiger partial charge in [0.05, 0.1) is 6.26 Å². The number of para-hydroxylation sites is 1. The number of nitrogens with one attached hydrogen (secondary N) is 1. The maximum atomic E-state index is 13.0. The lowest BCUT2D eigenvalue weighted by Crippen LogP contribution is -2.43. The van der Waals surface area contributed by atoms with E-state index in [0.717, 1.165) is 18.5 Å². The van der Waals surface area contributed by atoms with Crippen LogP contribution in [0.1, 0.15) is 39.3 Å². The van der Waals surface area contributed by atoms with Crippen LogP contribution in [0.2, 0.25) is 0 Å². The SMILES string of the molecule is O=C(Nc1ccc(C(=O)N2CCc3ccccc32)cc1)C1CCCN1C(=O)c1ccco1. The van der Waals surface area contributed by atoms with E-state index in [1.54, 1.807) is 46.2 Å². The quantitative estimate of drug-likeness (QED) is 0.685. The molecule has 2 aliphatic heterocycles. The van der Waals surface area contributed by atoms with Crippen LogP contribution in [-0.2, 0) is 11.2 Å². The minimum Gasteiger partial charge on any atom is -0.459 e. The Bertz CT molecular complexity index is 1150. The zero-order chi connectivity index (χ0) is 22.1. The highest BCUT2D eigenvalue weighted by Gasteiger charge is 2.35. The Morgan fingerprint density at radius 1 is 0.906 bits per heavy atom. The van der Waals surface area contributed by atoms with Crippen molar-refractivity contribution in [1.82, 2.24) is 4.90 Å². The first kappa shape index (κ1) is 20.1. The van der Waals surface area contributed by atoms with Gasteiger partial charge in [0.1, 0.15) is 6.04 Å². The lowest BCUT2D eigenvalue weighted by atomic mass is 10.1. The maximum Gasteiger partial charge on any atom is 0.290 e. The molecule has 0 bridgehead atoms. The number of carbonyl (C=O) groups excluding carboxylic acids is 3. The van der Waals surface area contributed by atoms with Gasteiger partial charge in [0.2, 0.25) is 5.91 Å². The molecule has 1 atom stereocenters. The molecule has 5 rings (SSSR count). The highest BCUT2D eigenvalue weighted by molar-refractivity contribution is 6.07. The minimum atomic E-state index is -0.546. The van der Waals surface area contributed by atoms with Crippen molar-refractivity contribution in [3.8, 4) is 0 Å². The van der Waals surface area contributed by atoms with Gasteiger partial charge in [0.25, 0.3) is 11.8 Å². The average Bonchev–Trinajstić information content (AvgIpc) is 3.59. The number of amides is 3. The van der Waals surface area contributed by atoms with E-state index in [0.29, 0.717) is 30.8 Å². The van der Waals surface area contributed by atoms with Crippen molar-refractivity contribution in [2.45, 2.75) is 25.3 Å². The predicted molar refractivity (Wildman–Crippen MR) is 120 cm³/mol. The van der Waals surface area contributed by atoms with E-state index in [1.165, 1.54) is 11.8 Å². The van der Waals surface area contributed by atoms with Crippen LogP contribution in [0.5, 0.6) is 0 Å². The van der Waals surface area contributed by atoms with Gasteiger partial charge in [-0.15, -0.1) is 0 Å². The van der Waals surface area contributed by atoms with E-state index in [9.17, 15) is 14.4 Å². The highest BCUT2D eigenvalue weighted by atomic mass is 16.3. The van der Waals surface area contributed by atoms with Crippen LogP contribution in [0.25, 0.3) is 0 Å². The van der Waals surface area contributed by atoms with Crippen LogP contribution in [0.3, 0.4) is 0 Å². The van der Waals surface area contributed by atoms with Gasteiger partial charge in [-0.2, -0.15) is 0 Å². The van der Waals surface area contributed by atoms with Gasteiger partial charge in [-0.05, 0) is 67.3 Å². The fourth-order valence-corrected chi connectivity index (χ4v) is 4.45. The first-order valence-electron chi connectivity index (χ1n) is 10.8. The zero-order valence-corrected chi connectivity index (χ0v) is 17.5. The Labute approximate surface area is 185 Å². The van der Waals surface area contributed by atoms with Crippen molar-refractivity contribution in [2.24, 2.45) is 0 Å². The topological polar surface area (TPSA) is 82.9 Å². The number of carbonyl (C=O) groups is 3. The molecule has 1 N–H and O–H groups in total. The second-order valence-electron chi connectivity index (χ2n) is 8.04. The fraction of sp³-hybridized carbons (Fsp3) is 0.240. The molecule has 0 saturated carbocycles. The standard InChI is InChI=1S/C25H23N3O4/c29-23(21-7-3-14-27(21)25(31)22-8-4-16-32-22)26-19-11-9-18(10-12-19)24(30)28-15-13-17-5-1-2-6-20(17)28/h1-2,4-6,8-12,16,21H,3,7,13-15H2,(H,26,29). The van der Waals surface area contributed by atoms with Gasteiger partial charge in [-0.1, -0.05) is 18.2 Å². The molecule has 3 aromatic rings. The summed E-state index contributed by atoms with van der Waals surface area (Å²) in [5.74, 6) is -0.343. The van der Waals surface area contributed by atoms with E-state index in [1.807, 2.05) is 24.3 Å². The molecular formula is C25H23N3O4. The summed E-state index contributed by atoms with van der Waals surface area (Å²) in [6.45, 7) is 1.18. The molecule has 3 amide bonds. The molecule has 7 heteroatoms. The van der Waals surface area contributed by atoms with Crippen LogP contribution in [0.15, 0.2) is 71.3 Å². The Kier molecular flexibility index (Phi) is 5.23. The molecule has 0 aliphatic carbocycles. The fourth-order valence-electron chi connectivity index (χ4n) is 4.45. The molecule has 0 radical (unpaired) electrons. The van der Waals surface area contributed by atoms with Crippen LogP contribution in [-0.4, -0.2) is 41.8 Å². The molecule has 2 aromatic carbocycles. The molecule has 3 heterocycles. The summed E-state index contributed by atoms with van der Waals surface area (Å²) in [5, 5.41) is 2.88. The number of hydrogen-bond acceptors (Lipinski definition) is 4. The van der Waals surface area contributed by atoms with Crippen LogP contribution < -0.4 is 10.2 Å². The second kappa shape index (κ2) is 8.34. The number of fused-ring (bicyclic) bond motifs is 1. The normalized spacial score (nSPS) is 17.3. The number of hydrogen-bond donors (Lipinski definition) is 1. The number of nitrogens with zero attached hydrogens (tertiary/aromatic N) is 2. The summed E-state index contributed by atoms with van der Waals surface area (Å²) in [6.07, 6.45) is 3.66. The van der Waals surface area contributed by atoms with Crippen LogP contribution >= 0.6 is 0 Å². The van der Waals surface area contributed by atoms with Gasteiger partial charge >= 0.3 is 0 Å². The van der Waals surface area contributed by atoms with Gasteiger partial charge in [0, 0.05) is 30.0 Å². The van der Waals surface area contributed by atoms with Crippen molar-refractivity contribution in [2.75, 3.05) is 23.3 Å². The van der Waals surface area contributed by atoms with E-state index in [-0.39, 0.29) is 23.5 Å². The number of furan rings is 1. The molecular weight excluding hydrogens is 406 g/mol. The molecule has 1 unspecified atom stereocenters. The van der Waals surface area contributed by atoms with Crippen molar-refractivity contribution in [1.29, 1.82) is 0 Å². The second-order valence-corrected chi connectivity index (χ2v) is 8.04. The lowest BCUT2D eigenvalue weighted by molar-refractivity contribution is -0.119. The Morgan fingerprint density at radius 2 is 1.72 bits per heavy atom. The predicted octanol–water partition coefficient (Wildman–Crippen LogP) is 3.73. The van der Waals surface area contributed by atoms with Crippen molar-refractivity contribution < 1.29 is 18.8 Å². The molecule has 1 fully saturated rings. The van der Waals surface area contributed by atoms with E-state index >= 15 is 0 Å². The third kappa shape index (κ3) is 3.66. The molecule has 162 valence electrons. The Morgan fingerprint density at radius 3 is 2.50 bits per heavy atom. The van der Waals surface area contributed by atoms with Crippen molar-refractivity contribution in [3.63, 3.8) is 0 Å². The van der Waals surface area contributed by atoms with Gasteiger partial charge in [-0.25, -0.2) is 0 Å². The van der Waals surface area contributed by atoms with Gasteiger partial charge in [0.15, 0.2) is 5.76 Å². The summed E-state index contributed by atoms with van der Waals surface area (Å²) < 4.78 is 5.19. The number of rotatable bonds is 4. The highest BCUT2D eigenvalue weighted by Crippen LogP contribution is 2.29. The third-order valence-corrected chi connectivity index (χ3v) is 6.08. The van der Waals surface area contributed by atoms with E-state index < -0.39 is 6.04 Å². The first-order valence-corrected chi connectivity index (χ1v) is 10.8. The van der Waals surface area contributed by atoms with Crippen molar-refractivity contribution in [3.05, 3.63) is 83.8 Å². The van der Waals surface area contributed by atoms with Crippen LogP contribution in [0.4, 0.5) is 11.4 Å². The summed E-state index contributed by atoms with van der Waals surface area (Å²) in [7, 11) is 0. The van der Waals surface area contributed by atoms with E-state index in [2.05, 4.69) is 5.32 Å². The summed E-state index contributed by atoms with van der Waals surface area (Å²) >= 11 is 0. The molecule has 2 aliphatic rings. The number of anilines is 2. The summed E-state index contributed by atoms with van der Waals surface area (Å²) in [6, 6.07) is 17.5. The summed E-state index contributed by atoms with van der Waals surface area (Å²) in [5.41, 5.74) is 3.29. The van der Waals surface area contributed by atoms with Crippen molar-refractivity contribution >= 4 is 29.1 Å². The maximum absolute atomic E-state index is 13.0. The summed E-state index contributed by atoms with van der Waals surface area (Å²) in [4.78, 5) is 41.8. The monoisotopic (exact) mass is 429 g/mol. The molecule has 32 heavy (non-hydrogen) atoms.